The third kappa shape index (κ3) is 2.25. The van der Waals surface area contributed by atoms with Crippen LogP contribution in [-0.2, 0) is 0 Å². The Balaban J connectivity index is 1.69. The Labute approximate surface area is 142 Å². The van der Waals surface area contributed by atoms with Crippen LogP contribution in [0.5, 0.6) is 0 Å². The van der Waals surface area contributed by atoms with Gasteiger partial charge in [0.25, 0.3) is 0 Å². The van der Waals surface area contributed by atoms with E-state index in [9.17, 15) is 4.79 Å². The average molecular weight is 335 g/mol. The summed E-state index contributed by atoms with van der Waals surface area (Å²) in [4.78, 5) is 28.8. The van der Waals surface area contributed by atoms with Crippen molar-refractivity contribution in [1.82, 2.24) is 34.2 Å². The summed E-state index contributed by atoms with van der Waals surface area (Å²) in [7, 11) is 0. The monoisotopic (exact) mass is 335 g/mol. The van der Waals surface area contributed by atoms with Crippen LogP contribution in [0.2, 0.25) is 0 Å². The molecule has 2 N–H and O–H groups in total. The molecule has 0 radical (unpaired) electrons. The molecule has 0 bridgehead atoms. The van der Waals surface area contributed by atoms with Gasteiger partial charge in [0.2, 0.25) is 0 Å². The highest BCUT2D eigenvalue weighted by Gasteiger charge is 2.21. The van der Waals surface area contributed by atoms with Gasteiger partial charge in [-0.05, 0) is 31.5 Å². The Kier molecular flexibility index (Phi) is 3.17. The van der Waals surface area contributed by atoms with Gasteiger partial charge in [0.1, 0.15) is 16.9 Å². The molecule has 1 aliphatic heterocycles. The summed E-state index contributed by atoms with van der Waals surface area (Å²) in [5, 5.41) is 3.35. The van der Waals surface area contributed by atoms with Crippen LogP contribution < -0.4 is 11.0 Å². The Morgan fingerprint density at radius 2 is 2.16 bits per heavy atom. The number of piperidine rings is 1. The van der Waals surface area contributed by atoms with E-state index in [2.05, 4.69) is 20.3 Å². The molecule has 1 saturated heterocycles. The molecule has 5 rings (SSSR count). The van der Waals surface area contributed by atoms with Crippen molar-refractivity contribution in [3.63, 3.8) is 0 Å². The third-order valence-corrected chi connectivity index (χ3v) is 4.74. The van der Waals surface area contributed by atoms with Crippen LogP contribution >= 0.6 is 0 Å². The summed E-state index contributed by atoms with van der Waals surface area (Å²) >= 11 is 0. The number of pyridine rings is 1. The maximum absolute atomic E-state index is 12.4. The summed E-state index contributed by atoms with van der Waals surface area (Å²) in [5.41, 5.74) is 2.82. The van der Waals surface area contributed by atoms with Crippen molar-refractivity contribution in [2.45, 2.75) is 18.9 Å². The maximum Gasteiger partial charge on any atom is 0.328 e. The van der Waals surface area contributed by atoms with E-state index in [0.29, 0.717) is 17.0 Å². The minimum Gasteiger partial charge on any atom is -0.315 e. The zero-order valence-corrected chi connectivity index (χ0v) is 13.5. The molecule has 1 atom stereocenters. The minimum absolute atomic E-state index is 0.111. The van der Waals surface area contributed by atoms with Crippen molar-refractivity contribution >= 4 is 16.8 Å². The average Bonchev–Trinajstić information content (AvgIpc) is 3.22. The summed E-state index contributed by atoms with van der Waals surface area (Å²) in [6.45, 7) is 1.78. The fraction of sp³-hybridized carbons (Fsp3) is 0.294. The Bertz CT molecular complexity index is 1120. The largest absolute Gasteiger partial charge is 0.328 e. The van der Waals surface area contributed by atoms with Gasteiger partial charge in [-0.15, -0.1) is 0 Å². The maximum atomic E-state index is 12.4. The third-order valence-electron chi connectivity index (χ3n) is 4.74. The highest BCUT2D eigenvalue weighted by Crippen LogP contribution is 2.22. The molecule has 25 heavy (non-hydrogen) atoms. The second kappa shape index (κ2) is 5.52. The van der Waals surface area contributed by atoms with Gasteiger partial charge in [0.15, 0.2) is 11.5 Å². The first kappa shape index (κ1) is 14.4. The number of aromatic amines is 1. The molecule has 0 spiro atoms. The fourth-order valence-electron chi connectivity index (χ4n) is 3.53. The Morgan fingerprint density at radius 1 is 1.20 bits per heavy atom. The SMILES string of the molecule is O=c1[nH]c2cnc(-c3cnc4ccccn34)nc2n1[C@@H]1CCCNC1. The quantitative estimate of drug-likeness (QED) is 0.577. The van der Waals surface area contributed by atoms with Crippen molar-refractivity contribution in [1.29, 1.82) is 0 Å². The van der Waals surface area contributed by atoms with Crippen molar-refractivity contribution in [3.05, 3.63) is 47.3 Å². The van der Waals surface area contributed by atoms with E-state index in [-0.39, 0.29) is 11.7 Å². The van der Waals surface area contributed by atoms with E-state index in [1.54, 1.807) is 17.0 Å². The first-order chi connectivity index (χ1) is 12.3. The van der Waals surface area contributed by atoms with Gasteiger partial charge < -0.3 is 10.3 Å². The van der Waals surface area contributed by atoms with Gasteiger partial charge in [0, 0.05) is 12.7 Å². The topological polar surface area (TPSA) is 92.9 Å². The number of rotatable bonds is 2. The lowest BCUT2D eigenvalue weighted by atomic mass is 10.1. The van der Waals surface area contributed by atoms with Crippen LogP contribution in [0.15, 0.2) is 41.6 Å². The number of nitrogens with one attached hydrogen (secondary N) is 2. The number of nitrogens with zero attached hydrogens (tertiary/aromatic N) is 5. The number of fused-ring (bicyclic) bond motifs is 2. The van der Waals surface area contributed by atoms with Crippen LogP contribution in [-0.4, -0.2) is 42.0 Å². The van der Waals surface area contributed by atoms with Crippen LogP contribution in [0, 0.1) is 0 Å². The first-order valence-electron chi connectivity index (χ1n) is 8.42. The summed E-state index contributed by atoms with van der Waals surface area (Å²) in [6, 6.07) is 5.93. The molecule has 5 heterocycles. The van der Waals surface area contributed by atoms with Crippen LogP contribution in [0.25, 0.3) is 28.3 Å². The van der Waals surface area contributed by atoms with Gasteiger partial charge in [-0.3, -0.25) is 8.97 Å². The van der Waals surface area contributed by atoms with E-state index in [0.717, 1.165) is 37.3 Å². The zero-order valence-electron chi connectivity index (χ0n) is 13.5. The van der Waals surface area contributed by atoms with E-state index in [4.69, 9.17) is 4.98 Å². The summed E-state index contributed by atoms with van der Waals surface area (Å²) in [5.74, 6) is 0.558. The predicted octanol–water partition coefficient (Wildman–Crippen LogP) is 1.36. The highest BCUT2D eigenvalue weighted by molar-refractivity contribution is 5.72. The van der Waals surface area contributed by atoms with Crippen LogP contribution in [0.1, 0.15) is 18.9 Å². The van der Waals surface area contributed by atoms with E-state index in [1.807, 2.05) is 28.8 Å². The molecule has 1 aliphatic rings. The number of imidazole rings is 2. The van der Waals surface area contributed by atoms with E-state index < -0.39 is 0 Å². The minimum atomic E-state index is -0.131. The van der Waals surface area contributed by atoms with E-state index >= 15 is 0 Å². The lowest BCUT2D eigenvalue weighted by Crippen LogP contribution is -2.35. The van der Waals surface area contributed by atoms with Crippen LogP contribution in [0.4, 0.5) is 0 Å². The fourth-order valence-corrected chi connectivity index (χ4v) is 3.53. The molecule has 126 valence electrons. The van der Waals surface area contributed by atoms with Gasteiger partial charge in [-0.1, -0.05) is 6.07 Å². The number of H-pyrrole nitrogens is 1. The van der Waals surface area contributed by atoms with Gasteiger partial charge >= 0.3 is 5.69 Å². The molecule has 1 fully saturated rings. The van der Waals surface area contributed by atoms with E-state index in [1.165, 1.54) is 0 Å². The molecule has 0 aromatic carbocycles. The molecule has 0 unspecified atom stereocenters. The molecule has 4 aromatic heterocycles. The summed E-state index contributed by atoms with van der Waals surface area (Å²) < 4.78 is 3.70. The smallest absolute Gasteiger partial charge is 0.315 e. The molecule has 0 aliphatic carbocycles. The van der Waals surface area contributed by atoms with Crippen molar-refractivity contribution in [3.8, 4) is 11.5 Å². The zero-order chi connectivity index (χ0) is 16.8. The standard InChI is InChI=1S/C17H17N7O/c25-17-21-12-9-20-15(13-10-19-14-5-1-2-7-23(13)14)22-16(12)24(17)11-4-3-6-18-8-11/h1-2,5,7,9-11,18H,3-4,6,8H2,(H,21,25)/t11-/m1/s1. The van der Waals surface area contributed by atoms with Crippen molar-refractivity contribution in [2.75, 3.05) is 13.1 Å². The van der Waals surface area contributed by atoms with Crippen molar-refractivity contribution in [2.24, 2.45) is 0 Å². The second-order valence-corrected chi connectivity index (χ2v) is 6.30. The molecule has 4 aromatic rings. The number of hydrogen-bond donors (Lipinski definition) is 2. The van der Waals surface area contributed by atoms with Crippen molar-refractivity contribution < 1.29 is 0 Å². The molecule has 8 heteroatoms. The Morgan fingerprint density at radius 3 is 3.04 bits per heavy atom. The first-order valence-corrected chi connectivity index (χ1v) is 8.42. The van der Waals surface area contributed by atoms with Crippen LogP contribution in [0.3, 0.4) is 0 Å². The lowest BCUT2D eigenvalue weighted by Gasteiger charge is -2.23. The van der Waals surface area contributed by atoms with Gasteiger partial charge in [0.05, 0.1) is 18.4 Å². The molecular formula is C17H17N7O. The molecule has 0 amide bonds. The molecule has 8 nitrogen and oxygen atoms in total. The number of hydrogen-bond acceptors (Lipinski definition) is 5. The van der Waals surface area contributed by atoms with Gasteiger partial charge in [-0.2, -0.15) is 0 Å². The number of aromatic nitrogens is 6. The Hall–Kier alpha value is -3.00. The predicted molar refractivity (Wildman–Crippen MR) is 93.5 cm³/mol. The lowest BCUT2D eigenvalue weighted by molar-refractivity contribution is 0.370. The highest BCUT2D eigenvalue weighted by atomic mass is 16.1. The summed E-state index contributed by atoms with van der Waals surface area (Å²) in [6.07, 6.45) is 7.38. The second-order valence-electron chi connectivity index (χ2n) is 6.30. The normalized spacial score (nSPS) is 18.2. The molecular weight excluding hydrogens is 318 g/mol. The molecule has 0 saturated carbocycles. The van der Waals surface area contributed by atoms with Gasteiger partial charge in [-0.25, -0.2) is 19.7 Å².